The highest BCUT2D eigenvalue weighted by atomic mass is 16.5. The smallest absolute Gasteiger partial charge is 0.315 e. The summed E-state index contributed by atoms with van der Waals surface area (Å²) in [5.41, 5.74) is 2.60. The Kier molecular flexibility index (Phi) is 5.09. The first-order valence-electron chi connectivity index (χ1n) is 8.05. The molecule has 0 aliphatic heterocycles. The fourth-order valence-electron chi connectivity index (χ4n) is 2.60. The number of ether oxygens (including phenoxy) is 1. The van der Waals surface area contributed by atoms with E-state index in [-0.39, 0.29) is 12.1 Å². The molecule has 3 rings (SSSR count). The first kappa shape index (κ1) is 16.7. The number of hydrogen-bond acceptors (Lipinski definition) is 4. The Morgan fingerprint density at radius 2 is 2.00 bits per heavy atom. The molecule has 0 radical (unpaired) electrons. The van der Waals surface area contributed by atoms with Gasteiger partial charge in [-0.05, 0) is 30.7 Å². The number of nitrogens with one attached hydrogen (secondary N) is 2. The Morgan fingerprint density at radius 1 is 1.20 bits per heavy atom. The SMILES string of the molecule is COc1cc(CNC(=O)N[C@H](C)c2ccccn2)c2ccccc2n1. The third kappa shape index (κ3) is 4.03. The zero-order valence-corrected chi connectivity index (χ0v) is 14.2. The average Bonchev–Trinajstić information content (AvgIpc) is 2.66. The number of hydrogen-bond donors (Lipinski definition) is 2. The number of benzene rings is 1. The molecule has 0 saturated carbocycles. The predicted molar refractivity (Wildman–Crippen MR) is 96.3 cm³/mol. The van der Waals surface area contributed by atoms with Gasteiger partial charge in [0.15, 0.2) is 0 Å². The Hall–Kier alpha value is -3.15. The number of carbonyl (C=O) groups is 1. The van der Waals surface area contributed by atoms with E-state index in [1.807, 2.05) is 55.5 Å². The van der Waals surface area contributed by atoms with Gasteiger partial charge in [-0.2, -0.15) is 0 Å². The molecule has 2 amide bonds. The summed E-state index contributed by atoms with van der Waals surface area (Å²) in [6.45, 7) is 2.27. The summed E-state index contributed by atoms with van der Waals surface area (Å²) in [5.74, 6) is 0.526. The lowest BCUT2D eigenvalue weighted by Crippen LogP contribution is -2.36. The van der Waals surface area contributed by atoms with Gasteiger partial charge in [-0.1, -0.05) is 24.3 Å². The summed E-state index contributed by atoms with van der Waals surface area (Å²) in [6.07, 6.45) is 1.71. The van der Waals surface area contributed by atoms with Crippen molar-refractivity contribution in [2.75, 3.05) is 7.11 Å². The van der Waals surface area contributed by atoms with Gasteiger partial charge >= 0.3 is 6.03 Å². The van der Waals surface area contributed by atoms with E-state index in [0.717, 1.165) is 22.2 Å². The van der Waals surface area contributed by atoms with Crippen molar-refractivity contribution in [1.82, 2.24) is 20.6 Å². The monoisotopic (exact) mass is 336 g/mol. The molecule has 6 heteroatoms. The van der Waals surface area contributed by atoms with Gasteiger partial charge in [0, 0.05) is 24.2 Å². The molecule has 25 heavy (non-hydrogen) atoms. The normalized spacial score (nSPS) is 11.8. The van der Waals surface area contributed by atoms with Crippen LogP contribution < -0.4 is 15.4 Å². The van der Waals surface area contributed by atoms with E-state index in [4.69, 9.17) is 4.74 Å². The molecule has 128 valence electrons. The summed E-state index contributed by atoms with van der Waals surface area (Å²) in [4.78, 5) is 20.9. The maximum atomic E-state index is 12.2. The zero-order chi connectivity index (χ0) is 17.6. The largest absolute Gasteiger partial charge is 0.481 e. The van der Waals surface area contributed by atoms with Crippen LogP contribution in [0.15, 0.2) is 54.7 Å². The molecule has 3 aromatic rings. The van der Waals surface area contributed by atoms with E-state index < -0.39 is 0 Å². The molecular formula is C19H20N4O2. The molecule has 2 aromatic heterocycles. The molecule has 1 aromatic carbocycles. The van der Waals surface area contributed by atoms with Crippen molar-refractivity contribution in [2.45, 2.75) is 19.5 Å². The van der Waals surface area contributed by atoms with E-state index in [2.05, 4.69) is 20.6 Å². The number of pyridine rings is 2. The third-order valence-corrected chi connectivity index (χ3v) is 3.91. The molecule has 0 bridgehead atoms. The van der Waals surface area contributed by atoms with Crippen molar-refractivity contribution in [3.05, 3.63) is 66.0 Å². The number of nitrogens with zero attached hydrogens (tertiary/aromatic N) is 2. The number of carbonyl (C=O) groups excluding carboxylic acids is 1. The highest BCUT2D eigenvalue weighted by Crippen LogP contribution is 2.21. The second kappa shape index (κ2) is 7.61. The molecule has 0 aliphatic carbocycles. The highest BCUT2D eigenvalue weighted by molar-refractivity contribution is 5.83. The fraction of sp³-hybridized carbons (Fsp3) is 0.211. The van der Waals surface area contributed by atoms with Gasteiger partial charge in [0.05, 0.1) is 24.4 Å². The molecule has 2 heterocycles. The van der Waals surface area contributed by atoms with Gasteiger partial charge in [0.1, 0.15) is 0 Å². The minimum absolute atomic E-state index is 0.176. The van der Waals surface area contributed by atoms with Crippen LogP contribution in [-0.2, 0) is 6.54 Å². The number of methoxy groups -OCH3 is 1. The Labute approximate surface area is 146 Å². The lowest BCUT2D eigenvalue weighted by atomic mass is 10.1. The van der Waals surface area contributed by atoms with Crippen molar-refractivity contribution in [2.24, 2.45) is 0 Å². The summed E-state index contributed by atoms with van der Waals surface area (Å²) in [5, 5.41) is 6.75. The van der Waals surface area contributed by atoms with Crippen LogP contribution in [0.2, 0.25) is 0 Å². The number of para-hydroxylation sites is 1. The molecule has 0 saturated heterocycles. The maximum Gasteiger partial charge on any atom is 0.315 e. The van der Waals surface area contributed by atoms with Crippen molar-refractivity contribution in [3.8, 4) is 5.88 Å². The number of aromatic nitrogens is 2. The van der Waals surface area contributed by atoms with Crippen LogP contribution in [0.1, 0.15) is 24.2 Å². The van der Waals surface area contributed by atoms with Crippen molar-refractivity contribution >= 4 is 16.9 Å². The van der Waals surface area contributed by atoms with Gasteiger partial charge < -0.3 is 15.4 Å². The van der Waals surface area contributed by atoms with Crippen LogP contribution in [0.25, 0.3) is 10.9 Å². The van der Waals surface area contributed by atoms with Crippen molar-refractivity contribution in [1.29, 1.82) is 0 Å². The quantitative estimate of drug-likeness (QED) is 0.750. The van der Waals surface area contributed by atoms with Crippen LogP contribution >= 0.6 is 0 Å². The Morgan fingerprint density at radius 3 is 2.76 bits per heavy atom. The van der Waals surface area contributed by atoms with Crippen LogP contribution in [-0.4, -0.2) is 23.1 Å². The molecule has 0 spiro atoms. The third-order valence-electron chi connectivity index (χ3n) is 3.91. The second-order valence-electron chi connectivity index (χ2n) is 5.64. The standard InChI is InChI=1S/C19H20N4O2/c1-13(16-8-5-6-10-20-16)22-19(24)21-12-14-11-18(25-2)23-17-9-4-3-7-15(14)17/h3-11,13H,12H2,1-2H3,(H2,21,22,24)/t13-/m1/s1. The predicted octanol–water partition coefficient (Wildman–Crippen LogP) is 3.20. The number of amides is 2. The molecule has 2 N–H and O–H groups in total. The van der Waals surface area contributed by atoms with Crippen LogP contribution in [0, 0.1) is 0 Å². The second-order valence-corrected chi connectivity index (χ2v) is 5.64. The molecule has 0 fully saturated rings. The lowest BCUT2D eigenvalue weighted by molar-refractivity contribution is 0.237. The van der Waals surface area contributed by atoms with Crippen LogP contribution in [0.3, 0.4) is 0 Å². The molecule has 0 unspecified atom stereocenters. The number of fused-ring (bicyclic) bond motifs is 1. The van der Waals surface area contributed by atoms with E-state index in [1.54, 1.807) is 13.3 Å². The van der Waals surface area contributed by atoms with E-state index in [1.165, 1.54) is 0 Å². The van der Waals surface area contributed by atoms with Crippen molar-refractivity contribution < 1.29 is 9.53 Å². The van der Waals surface area contributed by atoms with Crippen LogP contribution in [0.5, 0.6) is 5.88 Å². The van der Waals surface area contributed by atoms with Gasteiger partial charge in [-0.25, -0.2) is 9.78 Å². The topological polar surface area (TPSA) is 76.1 Å². The lowest BCUT2D eigenvalue weighted by Gasteiger charge is -2.15. The summed E-state index contributed by atoms with van der Waals surface area (Å²) in [6, 6.07) is 14.8. The van der Waals surface area contributed by atoms with Crippen molar-refractivity contribution in [3.63, 3.8) is 0 Å². The van der Waals surface area contributed by atoms with Gasteiger partial charge in [0.25, 0.3) is 0 Å². The van der Waals surface area contributed by atoms with E-state index >= 15 is 0 Å². The fourth-order valence-corrected chi connectivity index (χ4v) is 2.60. The Bertz CT molecular complexity index is 868. The van der Waals surface area contributed by atoms with Gasteiger partial charge in [-0.3, -0.25) is 4.98 Å². The molecule has 6 nitrogen and oxygen atoms in total. The number of urea groups is 1. The van der Waals surface area contributed by atoms with Crippen LogP contribution in [0.4, 0.5) is 4.79 Å². The van der Waals surface area contributed by atoms with E-state index in [9.17, 15) is 4.79 Å². The van der Waals surface area contributed by atoms with Gasteiger partial charge in [-0.15, -0.1) is 0 Å². The average molecular weight is 336 g/mol. The zero-order valence-electron chi connectivity index (χ0n) is 14.2. The number of rotatable bonds is 5. The minimum atomic E-state index is -0.252. The summed E-state index contributed by atoms with van der Waals surface area (Å²) < 4.78 is 5.24. The highest BCUT2D eigenvalue weighted by Gasteiger charge is 2.11. The first-order valence-corrected chi connectivity index (χ1v) is 8.05. The van der Waals surface area contributed by atoms with Gasteiger partial charge in [0.2, 0.25) is 5.88 Å². The Balaban J connectivity index is 1.69. The molecule has 0 aliphatic rings. The maximum absolute atomic E-state index is 12.2. The van der Waals surface area contributed by atoms with E-state index in [0.29, 0.717) is 12.4 Å². The molecular weight excluding hydrogens is 316 g/mol. The molecule has 1 atom stereocenters. The minimum Gasteiger partial charge on any atom is -0.481 e. The summed E-state index contributed by atoms with van der Waals surface area (Å²) in [7, 11) is 1.58. The summed E-state index contributed by atoms with van der Waals surface area (Å²) >= 11 is 0. The first-order chi connectivity index (χ1) is 12.2.